The van der Waals surface area contributed by atoms with Gasteiger partial charge in [-0.05, 0) is 55.8 Å². The summed E-state index contributed by atoms with van der Waals surface area (Å²) in [5.74, 6) is 0.447. The molecule has 1 saturated heterocycles. The van der Waals surface area contributed by atoms with Gasteiger partial charge in [-0.1, -0.05) is 12.1 Å². The fraction of sp³-hybridized carbons (Fsp3) is 0.320. The monoisotopic (exact) mass is 495 g/mol. The van der Waals surface area contributed by atoms with Gasteiger partial charge in [-0.25, -0.2) is 8.42 Å². The van der Waals surface area contributed by atoms with E-state index < -0.39 is 15.1 Å². The van der Waals surface area contributed by atoms with Crippen molar-refractivity contribution in [3.05, 3.63) is 66.4 Å². The van der Waals surface area contributed by atoms with Crippen LogP contribution in [0.4, 0.5) is 22.9 Å². The maximum absolute atomic E-state index is 12.5. The normalized spacial score (nSPS) is 14.1. The second-order valence-electron chi connectivity index (χ2n) is 8.56. The van der Waals surface area contributed by atoms with E-state index >= 15 is 0 Å². The third kappa shape index (κ3) is 6.34. The van der Waals surface area contributed by atoms with Crippen LogP contribution in [0.15, 0.2) is 65.7 Å². The van der Waals surface area contributed by atoms with Crippen LogP contribution in [0.25, 0.3) is 0 Å². The van der Waals surface area contributed by atoms with Gasteiger partial charge in [0.25, 0.3) is 0 Å². The van der Waals surface area contributed by atoms with Gasteiger partial charge in [-0.2, -0.15) is 5.10 Å². The van der Waals surface area contributed by atoms with E-state index in [-0.39, 0.29) is 17.2 Å². The molecule has 1 aromatic heterocycles. The number of anilines is 4. The van der Waals surface area contributed by atoms with Crippen molar-refractivity contribution in [3.8, 4) is 0 Å². The Morgan fingerprint density at radius 3 is 2.34 bits per heavy atom. The molecule has 0 radical (unpaired) electrons. The van der Waals surface area contributed by atoms with Crippen LogP contribution in [-0.2, 0) is 25.8 Å². The highest BCUT2D eigenvalue weighted by Crippen LogP contribution is 2.22. The van der Waals surface area contributed by atoms with Crippen LogP contribution in [0.2, 0.25) is 0 Å². The van der Waals surface area contributed by atoms with Gasteiger partial charge in [0.1, 0.15) is 0 Å². The van der Waals surface area contributed by atoms with E-state index in [1.54, 1.807) is 56.4 Å². The van der Waals surface area contributed by atoms with E-state index in [9.17, 15) is 13.2 Å². The van der Waals surface area contributed by atoms with Crippen LogP contribution in [0.3, 0.4) is 0 Å². The highest BCUT2D eigenvalue weighted by molar-refractivity contribution is 7.92. The molecule has 1 aliphatic rings. The van der Waals surface area contributed by atoms with E-state index in [1.807, 2.05) is 18.2 Å². The molecule has 2 heterocycles. The summed E-state index contributed by atoms with van der Waals surface area (Å²) in [6, 6.07) is 15.7. The molecule has 0 saturated carbocycles. The Balaban J connectivity index is 1.32. The number of hydrogen-bond acceptors (Lipinski definition) is 8. The Labute approximate surface area is 205 Å². The predicted octanol–water partition coefficient (Wildman–Crippen LogP) is 3.42. The third-order valence-corrected chi connectivity index (χ3v) is 7.86. The van der Waals surface area contributed by atoms with E-state index in [2.05, 4.69) is 25.7 Å². The summed E-state index contributed by atoms with van der Waals surface area (Å²) >= 11 is 0. The third-order valence-electron chi connectivity index (χ3n) is 5.69. The Kier molecular flexibility index (Phi) is 7.62. The highest BCUT2D eigenvalue weighted by Gasteiger charge is 2.19. The number of carbonyl (C=O) groups excluding carboxylic acids is 1. The van der Waals surface area contributed by atoms with Gasteiger partial charge in [0.2, 0.25) is 5.91 Å². The maximum Gasteiger partial charge on any atom is 0.228 e. The number of hydrogen-bond donors (Lipinski definition) is 2. The Bertz CT molecular complexity index is 1260. The lowest BCUT2D eigenvalue weighted by atomic mass is 10.1. The van der Waals surface area contributed by atoms with Gasteiger partial charge >= 0.3 is 0 Å². The Morgan fingerprint density at radius 1 is 1.03 bits per heavy atom. The number of nitrogens with zero attached hydrogens (tertiary/aromatic N) is 3. The standard InChI is InChI=1S/C25H29N5O4S/c1-18(2)35(32,33)23-9-3-19(4-10-23)15-25(31)28-21-7-5-20(6-8-21)27-24-16-22(17-26-29-24)30-11-13-34-14-12-30/h3-10,16-18H,11-15H2,1-2H3,(H,27,29)(H,28,31). The molecule has 1 fully saturated rings. The second kappa shape index (κ2) is 10.8. The van der Waals surface area contributed by atoms with Gasteiger partial charge in [-0.15, -0.1) is 5.10 Å². The molecule has 1 amide bonds. The average Bonchev–Trinajstić information content (AvgIpc) is 2.86. The van der Waals surface area contributed by atoms with Crippen molar-refractivity contribution in [1.82, 2.24) is 10.2 Å². The number of benzene rings is 2. The highest BCUT2D eigenvalue weighted by atomic mass is 32.2. The Morgan fingerprint density at radius 2 is 1.69 bits per heavy atom. The summed E-state index contributed by atoms with van der Waals surface area (Å²) in [4.78, 5) is 14.9. The quantitative estimate of drug-likeness (QED) is 0.489. The number of nitrogens with one attached hydrogen (secondary N) is 2. The molecular weight excluding hydrogens is 466 g/mol. The van der Waals surface area contributed by atoms with E-state index in [1.165, 1.54) is 0 Å². The lowest BCUT2D eigenvalue weighted by Gasteiger charge is -2.28. The minimum Gasteiger partial charge on any atom is -0.378 e. The van der Waals surface area contributed by atoms with Crippen molar-refractivity contribution in [1.29, 1.82) is 0 Å². The summed E-state index contributed by atoms with van der Waals surface area (Å²) in [7, 11) is -3.33. The van der Waals surface area contributed by atoms with E-state index in [0.29, 0.717) is 24.7 Å². The molecule has 9 nitrogen and oxygen atoms in total. The summed E-state index contributed by atoms with van der Waals surface area (Å²) in [5.41, 5.74) is 3.21. The molecule has 3 aromatic rings. The number of aromatic nitrogens is 2. The summed E-state index contributed by atoms with van der Waals surface area (Å²) < 4.78 is 29.9. The van der Waals surface area contributed by atoms with Crippen LogP contribution in [0, 0.1) is 0 Å². The molecular formula is C25H29N5O4S. The first-order valence-electron chi connectivity index (χ1n) is 11.5. The topological polar surface area (TPSA) is 114 Å². The van der Waals surface area contributed by atoms with E-state index in [4.69, 9.17) is 4.74 Å². The molecule has 10 heteroatoms. The molecule has 0 spiro atoms. The van der Waals surface area contributed by atoms with Crippen molar-refractivity contribution >= 4 is 38.6 Å². The molecule has 4 rings (SSSR count). The van der Waals surface area contributed by atoms with Crippen LogP contribution >= 0.6 is 0 Å². The second-order valence-corrected chi connectivity index (χ2v) is 11.1. The summed E-state index contributed by atoms with van der Waals surface area (Å²) in [6.07, 6.45) is 1.89. The predicted molar refractivity (Wildman–Crippen MR) is 136 cm³/mol. The lowest BCUT2D eigenvalue weighted by molar-refractivity contribution is -0.115. The molecule has 0 aliphatic carbocycles. The lowest BCUT2D eigenvalue weighted by Crippen LogP contribution is -2.36. The molecule has 184 valence electrons. The first-order chi connectivity index (χ1) is 16.8. The van der Waals surface area contributed by atoms with Crippen LogP contribution < -0.4 is 15.5 Å². The van der Waals surface area contributed by atoms with E-state index in [0.717, 1.165) is 30.0 Å². The van der Waals surface area contributed by atoms with Gasteiger partial charge < -0.3 is 20.3 Å². The summed E-state index contributed by atoms with van der Waals surface area (Å²) in [6.45, 7) is 6.33. The van der Waals surface area contributed by atoms with Gasteiger partial charge in [0.05, 0.1) is 41.7 Å². The maximum atomic E-state index is 12.5. The van der Waals surface area contributed by atoms with Crippen LogP contribution in [0.1, 0.15) is 19.4 Å². The van der Waals surface area contributed by atoms with Gasteiger partial charge in [-0.3, -0.25) is 4.79 Å². The van der Waals surface area contributed by atoms with Gasteiger partial charge in [0, 0.05) is 30.5 Å². The zero-order chi connectivity index (χ0) is 24.8. The zero-order valence-corrected chi connectivity index (χ0v) is 20.6. The first-order valence-corrected chi connectivity index (χ1v) is 13.0. The number of ether oxygens (including phenoxy) is 1. The van der Waals surface area contributed by atoms with Crippen molar-refractivity contribution in [2.75, 3.05) is 41.8 Å². The number of sulfone groups is 1. The van der Waals surface area contributed by atoms with Crippen LogP contribution in [-0.4, -0.2) is 56.1 Å². The minimum absolute atomic E-state index is 0.145. The molecule has 0 bridgehead atoms. The number of amides is 1. The molecule has 0 atom stereocenters. The smallest absolute Gasteiger partial charge is 0.228 e. The average molecular weight is 496 g/mol. The van der Waals surface area contributed by atoms with Crippen molar-refractivity contribution < 1.29 is 17.9 Å². The molecule has 2 aromatic carbocycles. The fourth-order valence-corrected chi connectivity index (χ4v) is 4.72. The fourth-order valence-electron chi connectivity index (χ4n) is 3.66. The van der Waals surface area contributed by atoms with Crippen LogP contribution in [0.5, 0.6) is 0 Å². The molecule has 0 unspecified atom stereocenters. The number of carbonyl (C=O) groups is 1. The van der Waals surface area contributed by atoms with Gasteiger partial charge in [0.15, 0.2) is 15.7 Å². The summed E-state index contributed by atoms with van der Waals surface area (Å²) in [5, 5.41) is 13.9. The minimum atomic E-state index is -3.33. The zero-order valence-electron chi connectivity index (χ0n) is 19.8. The number of rotatable bonds is 8. The molecule has 35 heavy (non-hydrogen) atoms. The van der Waals surface area contributed by atoms with Crippen molar-refractivity contribution in [3.63, 3.8) is 0 Å². The SMILES string of the molecule is CC(C)S(=O)(=O)c1ccc(CC(=O)Nc2ccc(Nc3cc(N4CCOCC4)cnn3)cc2)cc1. The van der Waals surface area contributed by atoms with Crippen molar-refractivity contribution in [2.24, 2.45) is 0 Å². The Hall–Kier alpha value is -3.50. The molecule has 2 N–H and O–H groups in total. The first kappa shape index (κ1) is 24.6. The molecule has 1 aliphatic heterocycles. The number of morpholine rings is 1. The van der Waals surface area contributed by atoms with Crippen molar-refractivity contribution in [2.45, 2.75) is 30.4 Å². The largest absolute Gasteiger partial charge is 0.378 e.